The SMILES string of the molecule is NC(=O)Cc1nc(N2CCOCC2)cc(=O)n1-c1cccc(F)c1. The number of benzene rings is 1. The van der Waals surface area contributed by atoms with Crippen LogP contribution in [0.5, 0.6) is 0 Å². The van der Waals surface area contributed by atoms with Crippen LogP contribution in [0.2, 0.25) is 0 Å². The van der Waals surface area contributed by atoms with E-state index in [1.807, 2.05) is 4.90 Å². The summed E-state index contributed by atoms with van der Waals surface area (Å²) in [5, 5.41) is 0. The summed E-state index contributed by atoms with van der Waals surface area (Å²) in [4.78, 5) is 30.3. The van der Waals surface area contributed by atoms with Gasteiger partial charge in [-0.15, -0.1) is 0 Å². The predicted octanol–water partition coefficient (Wildman–Crippen LogP) is 0.236. The van der Waals surface area contributed by atoms with E-state index in [2.05, 4.69) is 4.98 Å². The van der Waals surface area contributed by atoms with Crippen molar-refractivity contribution in [1.82, 2.24) is 9.55 Å². The lowest BCUT2D eigenvalue weighted by molar-refractivity contribution is -0.117. The smallest absolute Gasteiger partial charge is 0.260 e. The summed E-state index contributed by atoms with van der Waals surface area (Å²) in [6.07, 6.45) is -0.218. The van der Waals surface area contributed by atoms with Gasteiger partial charge in [-0.05, 0) is 18.2 Å². The highest BCUT2D eigenvalue weighted by atomic mass is 19.1. The summed E-state index contributed by atoms with van der Waals surface area (Å²) in [5.41, 5.74) is 5.19. The fourth-order valence-electron chi connectivity index (χ4n) is 2.64. The summed E-state index contributed by atoms with van der Waals surface area (Å²) in [6.45, 7) is 2.29. The molecule has 24 heavy (non-hydrogen) atoms. The van der Waals surface area contributed by atoms with Crippen LogP contribution >= 0.6 is 0 Å². The highest BCUT2D eigenvalue weighted by Gasteiger charge is 2.18. The van der Waals surface area contributed by atoms with Gasteiger partial charge in [-0.1, -0.05) is 6.07 Å². The number of hydrogen-bond acceptors (Lipinski definition) is 5. The Morgan fingerprint density at radius 1 is 1.29 bits per heavy atom. The molecule has 2 N–H and O–H groups in total. The van der Waals surface area contributed by atoms with Gasteiger partial charge in [0.2, 0.25) is 5.91 Å². The van der Waals surface area contributed by atoms with Crippen molar-refractivity contribution < 1.29 is 13.9 Å². The first-order chi connectivity index (χ1) is 11.5. The number of anilines is 1. The third-order valence-corrected chi connectivity index (χ3v) is 3.71. The molecule has 0 bridgehead atoms. The van der Waals surface area contributed by atoms with Crippen molar-refractivity contribution in [3.63, 3.8) is 0 Å². The van der Waals surface area contributed by atoms with Gasteiger partial charge in [0.25, 0.3) is 5.56 Å². The summed E-state index contributed by atoms with van der Waals surface area (Å²) in [6, 6.07) is 6.92. The van der Waals surface area contributed by atoms with Crippen molar-refractivity contribution in [2.45, 2.75) is 6.42 Å². The molecule has 1 fully saturated rings. The zero-order chi connectivity index (χ0) is 17.1. The number of aromatic nitrogens is 2. The number of rotatable bonds is 4. The largest absolute Gasteiger partial charge is 0.378 e. The molecule has 1 aliphatic heterocycles. The van der Waals surface area contributed by atoms with Gasteiger partial charge < -0.3 is 15.4 Å². The third kappa shape index (κ3) is 3.43. The second-order valence-corrected chi connectivity index (χ2v) is 5.43. The van der Waals surface area contributed by atoms with E-state index in [1.54, 1.807) is 6.07 Å². The zero-order valence-corrected chi connectivity index (χ0v) is 12.9. The average Bonchev–Trinajstić information content (AvgIpc) is 2.54. The lowest BCUT2D eigenvalue weighted by Crippen LogP contribution is -2.38. The van der Waals surface area contributed by atoms with E-state index in [4.69, 9.17) is 10.5 Å². The maximum absolute atomic E-state index is 13.5. The molecule has 3 rings (SSSR count). The molecule has 0 atom stereocenters. The molecule has 0 radical (unpaired) electrons. The Morgan fingerprint density at radius 3 is 2.71 bits per heavy atom. The van der Waals surface area contributed by atoms with Gasteiger partial charge in [0.05, 0.1) is 25.3 Å². The quantitative estimate of drug-likeness (QED) is 0.866. The van der Waals surface area contributed by atoms with Crippen molar-refractivity contribution in [2.24, 2.45) is 5.73 Å². The molecule has 2 aromatic rings. The molecular formula is C16H17FN4O3. The lowest BCUT2D eigenvalue weighted by atomic mass is 10.2. The molecule has 2 heterocycles. The van der Waals surface area contributed by atoms with Crippen LogP contribution in [0.1, 0.15) is 5.82 Å². The number of carbonyl (C=O) groups excluding carboxylic acids is 1. The molecule has 0 spiro atoms. The van der Waals surface area contributed by atoms with Crippen LogP contribution in [0.4, 0.5) is 10.2 Å². The first-order valence-corrected chi connectivity index (χ1v) is 7.54. The van der Waals surface area contributed by atoms with Crippen molar-refractivity contribution in [2.75, 3.05) is 31.2 Å². The molecule has 0 aliphatic carbocycles. The van der Waals surface area contributed by atoms with Crippen LogP contribution in [-0.4, -0.2) is 41.8 Å². The van der Waals surface area contributed by atoms with Gasteiger partial charge in [0.15, 0.2) is 0 Å². The summed E-state index contributed by atoms with van der Waals surface area (Å²) >= 11 is 0. The molecule has 1 saturated heterocycles. The number of amides is 1. The van der Waals surface area contributed by atoms with E-state index in [0.717, 1.165) is 0 Å². The standard InChI is InChI=1S/C16H17FN4O3/c17-11-2-1-3-12(8-11)21-15(9-13(18)22)19-14(10-16(21)23)20-4-6-24-7-5-20/h1-3,8,10H,4-7,9H2,(H2,18,22). The average molecular weight is 332 g/mol. The zero-order valence-electron chi connectivity index (χ0n) is 12.9. The Balaban J connectivity index is 2.10. The van der Waals surface area contributed by atoms with E-state index in [9.17, 15) is 14.0 Å². The van der Waals surface area contributed by atoms with Gasteiger partial charge >= 0.3 is 0 Å². The first kappa shape index (κ1) is 16.1. The molecule has 0 saturated carbocycles. The molecule has 7 nitrogen and oxygen atoms in total. The molecule has 8 heteroatoms. The number of primary amides is 1. The summed E-state index contributed by atoms with van der Waals surface area (Å²) in [5.74, 6) is -0.456. The van der Waals surface area contributed by atoms with Crippen LogP contribution in [0.25, 0.3) is 5.69 Å². The number of morpholine rings is 1. The number of carbonyl (C=O) groups is 1. The van der Waals surface area contributed by atoms with Gasteiger partial charge in [0, 0.05) is 19.2 Å². The lowest BCUT2D eigenvalue weighted by Gasteiger charge is -2.28. The van der Waals surface area contributed by atoms with Crippen LogP contribution in [0.3, 0.4) is 0 Å². The highest BCUT2D eigenvalue weighted by Crippen LogP contribution is 2.15. The maximum atomic E-state index is 13.5. The molecule has 0 unspecified atom stereocenters. The topological polar surface area (TPSA) is 90.5 Å². The van der Waals surface area contributed by atoms with E-state index in [-0.39, 0.29) is 12.2 Å². The summed E-state index contributed by atoms with van der Waals surface area (Å²) in [7, 11) is 0. The van der Waals surface area contributed by atoms with Crippen molar-refractivity contribution >= 4 is 11.7 Å². The fourth-order valence-corrected chi connectivity index (χ4v) is 2.64. The Bertz CT molecular complexity index is 815. The second-order valence-electron chi connectivity index (χ2n) is 5.43. The van der Waals surface area contributed by atoms with E-state index < -0.39 is 17.3 Å². The third-order valence-electron chi connectivity index (χ3n) is 3.71. The number of halogens is 1. The Labute approximate surface area is 137 Å². The minimum atomic E-state index is -0.619. The monoisotopic (exact) mass is 332 g/mol. The molecular weight excluding hydrogens is 315 g/mol. The van der Waals surface area contributed by atoms with Crippen LogP contribution in [0.15, 0.2) is 35.1 Å². The van der Waals surface area contributed by atoms with Crippen LogP contribution in [0, 0.1) is 5.82 Å². The Morgan fingerprint density at radius 2 is 2.04 bits per heavy atom. The molecule has 1 amide bonds. The van der Waals surface area contributed by atoms with Gasteiger partial charge in [-0.3, -0.25) is 14.2 Å². The second kappa shape index (κ2) is 6.79. The number of nitrogens with zero attached hydrogens (tertiary/aromatic N) is 3. The fraction of sp³-hybridized carbons (Fsp3) is 0.312. The molecule has 126 valence electrons. The van der Waals surface area contributed by atoms with E-state index >= 15 is 0 Å². The molecule has 1 aromatic carbocycles. The molecule has 1 aliphatic rings. The van der Waals surface area contributed by atoms with Crippen molar-refractivity contribution in [1.29, 1.82) is 0 Å². The number of ether oxygens (including phenoxy) is 1. The minimum absolute atomic E-state index is 0.182. The molecule has 1 aromatic heterocycles. The van der Waals surface area contributed by atoms with Gasteiger partial charge in [-0.25, -0.2) is 9.37 Å². The van der Waals surface area contributed by atoms with Crippen LogP contribution < -0.4 is 16.2 Å². The minimum Gasteiger partial charge on any atom is -0.378 e. The highest BCUT2D eigenvalue weighted by molar-refractivity contribution is 5.76. The Hall–Kier alpha value is -2.74. The van der Waals surface area contributed by atoms with Gasteiger partial charge in [0.1, 0.15) is 17.5 Å². The number of hydrogen-bond donors (Lipinski definition) is 1. The van der Waals surface area contributed by atoms with Crippen molar-refractivity contribution in [3.05, 3.63) is 52.3 Å². The van der Waals surface area contributed by atoms with Crippen LogP contribution in [-0.2, 0) is 16.0 Å². The Kier molecular flexibility index (Phi) is 4.57. The normalized spacial score (nSPS) is 14.6. The first-order valence-electron chi connectivity index (χ1n) is 7.54. The maximum Gasteiger partial charge on any atom is 0.260 e. The van der Waals surface area contributed by atoms with Gasteiger partial charge in [-0.2, -0.15) is 0 Å². The number of nitrogens with two attached hydrogens (primary N) is 1. The van der Waals surface area contributed by atoms with Crippen molar-refractivity contribution in [3.8, 4) is 5.69 Å². The van der Waals surface area contributed by atoms with E-state index in [0.29, 0.717) is 37.8 Å². The predicted molar refractivity (Wildman–Crippen MR) is 85.7 cm³/mol. The van der Waals surface area contributed by atoms with E-state index in [1.165, 1.54) is 28.8 Å². The summed E-state index contributed by atoms with van der Waals surface area (Å²) < 4.78 is 20.0.